The van der Waals surface area contributed by atoms with Crippen LogP contribution in [0.2, 0.25) is 0 Å². The lowest BCUT2D eigenvalue weighted by Crippen LogP contribution is -2.44. The zero-order valence-electron chi connectivity index (χ0n) is 17.4. The Kier molecular flexibility index (Phi) is 6.45. The van der Waals surface area contributed by atoms with Crippen molar-refractivity contribution < 1.29 is 23.9 Å². The molecule has 0 aromatic heterocycles. The Balaban J connectivity index is 1.52. The number of cyclic esters (lactones) is 1. The first-order valence-electron chi connectivity index (χ1n) is 10.2. The first-order chi connectivity index (χ1) is 13.7. The van der Waals surface area contributed by atoms with Crippen molar-refractivity contribution in [2.75, 3.05) is 19.7 Å². The minimum absolute atomic E-state index is 0.145. The van der Waals surface area contributed by atoms with E-state index in [1.54, 1.807) is 4.90 Å². The summed E-state index contributed by atoms with van der Waals surface area (Å²) in [6.45, 7) is 6.89. The highest BCUT2D eigenvalue weighted by atomic mass is 16.6. The normalized spacial score (nSPS) is 20.5. The average molecular weight is 402 g/mol. The molecule has 2 fully saturated rings. The third-order valence-corrected chi connectivity index (χ3v) is 5.27. The van der Waals surface area contributed by atoms with E-state index in [1.807, 2.05) is 51.1 Å². The van der Waals surface area contributed by atoms with E-state index in [1.165, 1.54) is 4.90 Å². The number of nitrogens with zero attached hydrogens (tertiary/aromatic N) is 2. The summed E-state index contributed by atoms with van der Waals surface area (Å²) in [5.74, 6) is -0.0453. The maximum Gasteiger partial charge on any atom is 0.416 e. The Labute approximate surface area is 171 Å². The molecular weight excluding hydrogens is 372 g/mol. The first kappa shape index (κ1) is 21.1. The molecule has 1 aromatic carbocycles. The average Bonchev–Trinajstić information content (AvgIpc) is 3.02. The standard InChI is InChI=1S/C22H30N2O5/c1-22(2,3)29-20(26)23-11-9-17(10-12-23)14-19(25)24-18(15-28-21(24)27)13-16-7-5-4-6-8-16/h4-8,17-18H,9-15H2,1-3H3. The molecule has 2 saturated heterocycles. The van der Waals surface area contributed by atoms with Gasteiger partial charge in [-0.25, -0.2) is 14.5 Å². The van der Waals surface area contributed by atoms with Crippen molar-refractivity contribution in [3.05, 3.63) is 35.9 Å². The SMILES string of the molecule is CC(C)(C)OC(=O)N1CCC(CC(=O)N2C(=O)OCC2Cc2ccccc2)CC1. The Morgan fingerprint density at radius 1 is 1.14 bits per heavy atom. The van der Waals surface area contributed by atoms with E-state index in [0.29, 0.717) is 25.9 Å². The number of benzene rings is 1. The van der Waals surface area contributed by atoms with Gasteiger partial charge < -0.3 is 14.4 Å². The summed E-state index contributed by atoms with van der Waals surface area (Å²) in [6, 6.07) is 9.52. The van der Waals surface area contributed by atoms with Crippen LogP contribution in [-0.2, 0) is 20.7 Å². The molecular formula is C22H30N2O5. The van der Waals surface area contributed by atoms with Gasteiger partial charge in [-0.3, -0.25) is 4.79 Å². The lowest BCUT2D eigenvalue weighted by Gasteiger charge is -2.33. The molecule has 0 radical (unpaired) electrons. The number of hydrogen-bond donors (Lipinski definition) is 0. The highest BCUT2D eigenvalue weighted by molar-refractivity contribution is 5.93. The van der Waals surface area contributed by atoms with Crippen LogP contribution in [-0.4, -0.2) is 59.2 Å². The van der Waals surface area contributed by atoms with Gasteiger partial charge >= 0.3 is 12.2 Å². The Hall–Kier alpha value is -2.57. The van der Waals surface area contributed by atoms with Crippen LogP contribution in [0, 0.1) is 5.92 Å². The molecule has 0 spiro atoms. The molecule has 7 nitrogen and oxygen atoms in total. The highest BCUT2D eigenvalue weighted by Gasteiger charge is 2.39. The number of carbonyl (C=O) groups is 3. The molecule has 2 heterocycles. The summed E-state index contributed by atoms with van der Waals surface area (Å²) in [5.41, 5.74) is 0.549. The van der Waals surface area contributed by atoms with Crippen LogP contribution in [0.1, 0.15) is 45.6 Å². The highest BCUT2D eigenvalue weighted by Crippen LogP contribution is 2.25. The van der Waals surface area contributed by atoms with Crippen LogP contribution in [0.25, 0.3) is 0 Å². The summed E-state index contributed by atoms with van der Waals surface area (Å²) in [4.78, 5) is 40.1. The van der Waals surface area contributed by atoms with Crippen LogP contribution in [0.3, 0.4) is 0 Å². The van der Waals surface area contributed by atoms with Crippen molar-refractivity contribution in [3.8, 4) is 0 Å². The number of ether oxygens (including phenoxy) is 2. The molecule has 0 saturated carbocycles. The van der Waals surface area contributed by atoms with Crippen molar-refractivity contribution >= 4 is 18.1 Å². The second-order valence-electron chi connectivity index (χ2n) is 8.80. The molecule has 1 atom stereocenters. The fourth-order valence-electron chi connectivity index (χ4n) is 3.79. The lowest BCUT2D eigenvalue weighted by molar-refractivity contribution is -0.130. The van der Waals surface area contributed by atoms with E-state index in [0.717, 1.165) is 18.4 Å². The van der Waals surface area contributed by atoms with Gasteiger partial charge in [-0.2, -0.15) is 0 Å². The predicted molar refractivity (Wildman–Crippen MR) is 107 cm³/mol. The molecule has 0 N–H and O–H groups in total. The van der Waals surface area contributed by atoms with Gasteiger partial charge in [0.1, 0.15) is 12.2 Å². The van der Waals surface area contributed by atoms with E-state index in [-0.39, 0.29) is 30.6 Å². The second kappa shape index (κ2) is 8.84. The van der Waals surface area contributed by atoms with E-state index in [9.17, 15) is 14.4 Å². The van der Waals surface area contributed by atoms with Crippen molar-refractivity contribution in [2.24, 2.45) is 5.92 Å². The second-order valence-corrected chi connectivity index (χ2v) is 8.80. The van der Waals surface area contributed by atoms with Gasteiger partial charge in [-0.05, 0) is 51.5 Å². The fraction of sp³-hybridized carbons (Fsp3) is 0.591. The van der Waals surface area contributed by atoms with Gasteiger partial charge in [-0.1, -0.05) is 30.3 Å². The molecule has 2 aliphatic rings. The van der Waals surface area contributed by atoms with E-state index in [2.05, 4.69) is 0 Å². The van der Waals surface area contributed by atoms with Crippen LogP contribution in [0.15, 0.2) is 30.3 Å². The van der Waals surface area contributed by atoms with Crippen LogP contribution in [0.5, 0.6) is 0 Å². The van der Waals surface area contributed by atoms with Gasteiger partial charge in [-0.15, -0.1) is 0 Å². The number of imide groups is 1. The molecule has 0 bridgehead atoms. The molecule has 3 rings (SSSR count). The van der Waals surface area contributed by atoms with Gasteiger partial charge in [0.05, 0.1) is 6.04 Å². The minimum atomic E-state index is -0.554. The minimum Gasteiger partial charge on any atom is -0.447 e. The molecule has 0 aliphatic carbocycles. The van der Waals surface area contributed by atoms with Crippen LogP contribution < -0.4 is 0 Å². The predicted octanol–water partition coefficient (Wildman–Crippen LogP) is 3.61. The monoisotopic (exact) mass is 402 g/mol. The van der Waals surface area contributed by atoms with Gasteiger partial charge in [0, 0.05) is 19.5 Å². The van der Waals surface area contributed by atoms with Crippen molar-refractivity contribution in [1.82, 2.24) is 9.80 Å². The zero-order valence-corrected chi connectivity index (χ0v) is 17.4. The Bertz CT molecular complexity index is 735. The van der Waals surface area contributed by atoms with E-state index in [4.69, 9.17) is 9.47 Å². The van der Waals surface area contributed by atoms with Gasteiger partial charge in [0.25, 0.3) is 0 Å². The smallest absolute Gasteiger partial charge is 0.416 e. The van der Waals surface area contributed by atoms with Crippen LogP contribution >= 0.6 is 0 Å². The summed E-state index contributed by atoms with van der Waals surface area (Å²) in [5, 5.41) is 0. The lowest BCUT2D eigenvalue weighted by atomic mass is 9.93. The molecule has 7 heteroatoms. The quantitative estimate of drug-likeness (QED) is 0.769. The summed E-state index contributed by atoms with van der Waals surface area (Å²) in [7, 11) is 0. The number of rotatable bonds is 4. The molecule has 1 aromatic rings. The summed E-state index contributed by atoms with van der Waals surface area (Å²) >= 11 is 0. The third kappa shape index (κ3) is 5.71. The maximum atomic E-state index is 12.8. The zero-order chi connectivity index (χ0) is 21.0. The Morgan fingerprint density at radius 3 is 2.41 bits per heavy atom. The van der Waals surface area contributed by atoms with Crippen molar-refractivity contribution in [2.45, 2.75) is 58.1 Å². The molecule has 1 unspecified atom stereocenters. The maximum absolute atomic E-state index is 12.8. The third-order valence-electron chi connectivity index (χ3n) is 5.27. The van der Waals surface area contributed by atoms with Crippen LogP contribution in [0.4, 0.5) is 9.59 Å². The topological polar surface area (TPSA) is 76.2 Å². The number of likely N-dealkylation sites (tertiary alicyclic amines) is 1. The number of carbonyl (C=O) groups excluding carboxylic acids is 3. The van der Waals surface area contributed by atoms with E-state index >= 15 is 0 Å². The summed E-state index contributed by atoms with van der Waals surface area (Å²) in [6.07, 6.45) is 1.46. The van der Waals surface area contributed by atoms with E-state index < -0.39 is 11.7 Å². The van der Waals surface area contributed by atoms with Gasteiger partial charge in [0.15, 0.2) is 0 Å². The molecule has 158 valence electrons. The largest absolute Gasteiger partial charge is 0.447 e. The first-order valence-corrected chi connectivity index (χ1v) is 10.2. The van der Waals surface area contributed by atoms with Crippen molar-refractivity contribution in [1.29, 1.82) is 0 Å². The Morgan fingerprint density at radius 2 is 1.79 bits per heavy atom. The number of piperidine rings is 1. The molecule has 2 aliphatic heterocycles. The van der Waals surface area contributed by atoms with Gasteiger partial charge in [0.2, 0.25) is 5.91 Å². The number of amides is 3. The molecule has 3 amide bonds. The number of hydrogen-bond acceptors (Lipinski definition) is 5. The fourth-order valence-corrected chi connectivity index (χ4v) is 3.79. The summed E-state index contributed by atoms with van der Waals surface area (Å²) < 4.78 is 10.6. The molecule has 29 heavy (non-hydrogen) atoms. The van der Waals surface area contributed by atoms with Crippen molar-refractivity contribution in [3.63, 3.8) is 0 Å².